The van der Waals surface area contributed by atoms with E-state index in [1.807, 2.05) is 0 Å². The normalized spacial score (nSPS) is 38.3. The zero-order valence-electron chi connectivity index (χ0n) is 12.9. The molecule has 21 heavy (non-hydrogen) atoms. The fraction of sp³-hybridized carbons (Fsp3) is 0.933. The molecule has 3 rings (SSSR count). The lowest BCUT2D eigenvalue weighted by Crippen LogP contribution is -2.46. The SMILES string of the molecule is CC1(C)C2CCC1(CS(=O)(=O)NCC1CCCO1)C(=O)C2. The molecule has 0 aromatic heterocycles. The van der Waals surface area contributed by atoms with E-state index < -0.39 is 15.4 Å². The van der Waals surface area contributed by atoms with Crippen LogP contribution in [0.15, 0.2) is 0 Å². The number of hydrogen-bond acceptors (Lipinski definition) is 4. The molecule has 0 spiro atoms. The van der Waals surface area contributed by atoms with Crippen molar-refractivity contribution >= 4 is 15.8 Å². The number of fused-ring (bicyclic) bond motifs is 2. The molecule has 1 saturated heterocycles. The lowest BCUT2D eigenvalue weighted by atomic mass is 9.70. The lowest BCUT2D eigenvalue weighted by Gasteiger charge is -2.36. The van der Waals surface area contributed by atoms with Crippen molar-refractivity contribution in [2.24, 2.45) is 16.7 Å². The maximum atomic E-state index is 12.4. The van der Waals surface area contributed by atoms with Crippen LogP contribution in [0.3, 0.4) is 0 Å². The minimum Gasteiger partial charge on any atom is -0.377 e. The standard InChI is InChI=1S/C15H25NO4S/c1-14(2)11-5-6-15(14,13(17)8-11)10-21(18,19)16-9-12-4-3-7-20-12/h11-12,16H,3-10H2,1-2H3. The Kier molecular flexibility index (Phi) is 3.70. The van der Waals surface area contributed by atoms with Gasteiger partial charge in [0.2, 0.25) is 10.0 Å². The van der Waals surface area contributed by atoms with Crippen molar-refractivity contribution < 1.29 is 17.9 Å². The molecule has 120 valence electrons. The first-order valence-corrected chi connectivity index (χ1v) is 9.54. The van der Waals surface area contributed by atoms with E-state index in [9.17, 15) is 13.2 Å². The van der Waals surface area contributed by atoms with E-state index in [0.717, 1.165) is 19.3 Å². The van der Waals surface area contributed by atoms with Crippen molar-refractivity contribution in [1.82, 2.24) is 4.72 Å². The van der Waals surface area contributed by atoms with Gasteiger partial charge in [-0.15, -0.1) is 0 Å². The van der Waals surface area contributed by atoms with Crippen molar-refractivity contribution in [3.05, 3.63) is 0 Å². The van der Waals surface area contributed by atoms with E-state index in [1.54, 1.807) is 0 Å². The number of sulfonamides is 1. The van der Waals surface area contributed by atoms with Gasteiger partial charge >= 0.3 is 0 Å². The first kappa shape index (κ1) is 15.4. The van der Waals surface area contributed by atoms with Crippen LogP contribution in [0.25, 0.3) is 0 Å². The Balaban J connectivity index is 1.70. The number of nitrogens with one attached hydrogen (secondary N) is 1. The molecule has 0 amide bonds. The smallest absolute Gasteiger partial charge is 0.212 e. The third kappa shape index (κ3) is 2.45. The first-order valence-electron chi connectivity index (χ1n) is 7.89. The molecule has 2 bridgehead atoms. The summed E-state index contributed by atoms with van der Waals surface area (Å²) >= 11 is 0. The van der Waals surface area contributed by atoms with Gasteiger partial charge in [0.05, 0.1) is 11.9 Å². The summed E-state index contributed by atoms with van der Waals surface area (Å²) in [6, 6.07) is 0. The maximum Gasteiger partial charge on any atom is 0.212 e. The highest BCUT2D eigenvalue weighted by molar-refractivity contribution is 7.89. The van der Waals surface area contributed by atoms with Crippen LogP contribution in [0, 0.1) is 16.7 Å². The number of rotatable bonds is 5. The first-order chi connectivity index (χ1) is 9.77. The highest BCUT2D eigenvalue weighted by Gasteiger charge is 2.65. The minimum absolute atomic E-state index is 0.0131. The molecule has 1 aliphatic heterocycles. The number of carbonyl (C=O) groups is 1. The predicted molar refractivity (Wildman–Crippen MR) is 79.3 cm³/mol. The number of hydrogen-bond donors (Lipinski definition) is 1. The van der Waals surface area contributed by atoms with Crippen LogP contribution >= 0.6 is 0 Å². The van der Waals surface area contributed by atoms with Crippen LogP contribution < -0.4 is 4.72 Å². The molecule has 3 fully saturated rings. The van der Waals surface area contributed by atoms with Gasteiger partial charge in [0.1, 0.15) is 5.78 Å². The van der Waals surface area contributed by atoms with Crippen LogP contribution in [0.1, 0.15) is 46.0 Å². The second-order valence-electron chi connectivity index (χ2n) is 7.41. The molecule has 0 aromatic rings. The van der Waals surface area contributed by atoms with Gasteiger partial charge in [0.25, 0.3) is 0 Å². The van der Waals surface area contributed by atoms with E-state index in [2.05, 4.69) is 18.6 Å². The third-order valence-corrected chi connectivity index (χ3v) is 7.61. The highest BCUT2D eigenvalue weighted by Crippen LogP contribution is 2.64. The lowest BCUT2D eigenvalue weighted by molar-refractivity contribution is -0.128. The van der Waals surface area contributed by atoms with Crippen LogP contribution in [0.2, 0.25) is 0 Å². The molecule has 3 unspecified atom stereocenters. The molecule has 2 aliphatic carbocycles. The Morgan fingerprint density at radius 3 is 2.62 bits per heavy atom. The van der Waals surface area contributed by atoms with E-state index in [4.69, 9.17) is 4.74 Å². The van der Waals surface area contributed by atoms with E-state index in [1.165, 1.54) is 0 Å². The van der Waals surface area contributed by atoms with Gasteiger partial charge in [-0.3, -0.25) is 4.79 Å². The molecule has 3 atom stereocenters. The minimum atomic E-state index is -3.45. The van der Waals surface area contributed by atoms with Crippen molar-refractivity contribution in [3.63, 3.8) is 0 Å². The summed E-state index contributed by atoms with van der Waals surface area (Å²) in [7, 11) is -3.45. The summed E-state index contributed by atoms with van der Waals surface area (Å²) in [6.45, 7) is 5.16. The summed E-state index contributed by atoms with van der Waals surface area (Å²) in [5.41, 5.74) is -0.886. The largest absolute Gasteiger partial charge is 0.377 e. The molecule has 2 saturated carbocycles. The fourth-order valence-corrected chi connectivity index (χ4v) is 6.38. The van der Waals surface area contributed by atoms with Gasteiger partial charge < -0.3 is 4.74 Å². The number of carbonyl (C=O) groups excluding carboxylic acids is 1. The van der Waals surface area contributed by atoms with Gasteiger partial charge in [-0.1, -0.05) is 13.8 Å². The monoisotopic (exact) mass is 315 g/mol. The molecular weight excluding hydrogens is 290 g/mol. The molecule has 3 aliphatic rings. The van der Waals surface area contributed by atoms with E-state index in [0.29, 0.717) is 31.9 Å². The van der Waals surface area contributed by atoms with Gasteiger partial charge in [0.15, 0.2) is 0 Å². The summed E-state index contributed by atoms with van der Waals surface area (Å²) in [5, 5.41) is 0. The Labute approximate surface area is 126 Å². The predicted octanol–water partition coefficient (Wildman–Crippen LogP) is 1.48. The summed E-state index contributed by atoms with van der Waals surface area (Å²) in [6.07, 6.45) is 4.11. The van der Waals surface area contributed by atoms with Crippen molar-refractivity contribution in [2.45, 2.75) is 52.1 Å². The third-order valence-electron chi connectivity index (χ3n) is 6.13. The fourth-order valence-electron chi connectivity index (χ4n) is 4.51. The van der Waals surface area contributed by atoms with Gasteiger partial charge in [-0.25, -0.2) is 13.1 Å². The summed E-state index contributed by atoms with van der Waals surface area (Å²) in [4.78, 5) is 12.4. The van der Waals surface area contributed by atoms with Crippen molar-refractivity contribution in [3.8, 4) is 0 Å². The molecule has 0 aromatic carbocycles. The van der Waals surface area contributed by atoms with Crippen molar-refractivity contribution in [1.29, 1.82) is 0 Å². The Hall–Kier alpha value is -0.460. The van der Waals surface area contributed by atoms with Crippen molar-refractivity contribution in [2.75, 3.05) is 18.9 Å². The maximum absolute atomic E-state index is 12.4. The molecule has 6 heteroatoms. The van der Waals surface area contributed by atoms with Gasteiger partial charge in [-0.05, 0) is 37.0 Å². The average molecular weight is 315 g/mol. The molecule has 0 radical (unpaired) electrons. The van der Waals surface area contributed by atoms with E-state index in [-0.39, 0.29) is 23.1 Å². The van der Waals surface area contributed by atoms with Crippen LogP contribution in [-0.2, 0) is 19.6 Å². The zero-order chi connectivity index (χ0) is 15.3. The number of Topliss-reactive ketones (excluding diaryl/α,β-unsaturated/α-hetero) is 1. The quantitative estimate of drug-likeness (QED) is 0.834. The Morgan fingerprint density at radius 2 is 2.10 bits per heavy atom. The van der Waals surface area contributed by atoms with Crippen LogP contribution in [0.5, 0.6) is 0 Å². The van der Waals surface area contributed by atoms with Gasteiger partial charge in [0, 0.05) is 25.0 Å². The van der Waals surface area contributed by atoms with Gasteiger partial charge in [-0.2, -0.15) is 0 Å². The highest BCUT2D eigenvalue weighted by atomic mass is 32.2. The Morgan fingerprint density at radius 1 is 1.33 bits per heavy atom. The molecular formula is C15H25NO4S. The molecule has 1 N–H and O–H groups in total. The molecule has 1 heterocycles. The Bertz CT molecular complexity index is 536. The average Bonchev–Trinajstić information content (AvgIpc) is 3.02. The molecule has 5 nitrogen and oxygen atoms in total. The van der Waals surface area contributed by atoms with E-state index >= 15 is 0 Å². The summed E-state index contributed by atoms with van der Waals surface area (Å²) in [5.74, 6) is 0.430. The van der Waals surface area contributed by atoms with Crippen LogP contribution in [0.4, 0.5) is 0 Å². The topological polar surface area (TPSA) is 72.5 Å². The summed E-state index contributed by atoms with van der Waals surface area (Å²) < 4.78 is 33.0. The second kappa shape index (κ2) is 5.03. The number of ketones is 1. The zero-order valence-corrected chi connectivity index (χ0v) is 13.7. The van der Waals surface area contributed by atoms with Crippen LogP contribution in [-0.4, -0.2) is 39.2 Å². The number of ether oxygens (including phenoxy) is 1. The second-order valence-corrected chi connectivity index (χ2v) is 9.22.